The second-order valence-electron chi connectivity index (χ2n) is 7.40. The number of carbonyl (C=O) groups excluding carboxylic acids is 1. The number of alkyl halides is 2. The number of hydrogen-bond donors (Lipinski definition) is 0. The summed E-state index contributed by atoms with van der Waals surface area (Å²) >= 11 is 0. The van der Waals surface area contributed by atoms with Crippen LogP contribution >= 0.6 is 0 Å². The van der Waals surface area contributed by atoms with Gasteiger partial charge in [0.15, 0.2) is 0 Å². The van der Waals surface area contributed by atoms with Crippen LogP contribution in [0.15, 0.2) is 18.2 Å². The van der Waals surface area contributed by atoms with E-state index in [1.165, 1.54) is 6.07 Å². The van der Waals surface area contributed by atoms with Gasteiger partial charge in [0, 0.05) is 12.8 Å². The molecule has 2 nitrogen and oxygen atoms in total. The van der Waals surface area contributed by atoms with Gasteiger partial charge in [0.1, 0.15) is 11.4 Å². The third kappa shape index (κ3) is 3.88. The van der Waals surface area contributed by atoms with Crippen LogP contribution in [0.4, 0.5) is 13.2 Å². The van der Waals surface area contributed by atoms with Crippen LogP contribution in [0, 0.1) is 12.7 Å². The number of aryl methyl sites for hydroxylation is 1. The van der Waals surface area contributed by atoms with E-state index in [4.69, 9.17) is 4.74 Å². The molecule has 23 heavy (non-hydrogen) atoms. The van der Waals surface area contributed by atoms with Crippen molar-refractivity contribution in [1.29, 1.82) is 0 Å². The van der Waals surface area contributed by atoms with Crippen molar-refractivity contribution in [3.8, 4) is 0 Å². The maximum Gasteiger partial charge on any atom is 0.317 e. The molecule has 1 aromatic rings. The van der Waals surface area contributed by atoms with Crippen LogP contribution in [0.25, 0.3) is 0 Å². The molecule has 128 valence electrons. The van der Waals surface area contributed by atoms with Gasteiger partial charge >= 0.3 is 5.97 Å². The maximum atomic E-state index is 14.0. The molecule has 1 aliphatic carbocycles. The summed E-state index contributed by atoms with van der Waals surface area (Å²) in [5, 5.41) is 0. The Morgan fingerprint density at radius 1 is 1.13 bits per heavy atom. The molecule has 1 saturated carbocycles. The van der Waals surface area contributed by atoms with Crippen LogP contribution in [0.5, 0.6) is 0 Å². The highest BCUT2D eigenvalue weighted by Crippen LogP contribution is 2.47. The lowest BCUT2D eigenvalue weighted by molar-refractivity contribution is -0.167. The van der Waals surface area contributed by atoms with Gasteiger partial charge in [-0.3, -0.25) is 4.79 Å². The minimum Gasteiger partial charge on any atom is -0.459 e. The predicted molar refractivity (Wildman–Crippen MR) is 82.1 cm³/mol. The molecular formula is C18H23F3O2. The summed E-state index contributed by atoms with van der Waals surface area (Å²) in [5.74, 6) is -3.78. The van der Waals surface area contributed by atoms with Crippen molar-refractivity contribution in [2.75, 3.05) is 0 Å². The summed E-state index contributed by atoms with van der Waals surface area (Å²) in [7, 11) is 0. The Morgan fingerprint density at radius 3 is 2.17 bits per heavy atom. The lowest BCUT2D eigenvalue weighted by Crippen LogP contribution is -2.46. The third-order valence-corrected chi connectivity index (χ3v) is 4.35. The number of halogens is 3. The summed E-state index contributed by atoms with van der Waals surface area (Å²) < 4.78 is 46.6. The maximum absolute atomic E-state index is 14.0. The average molecular weight is 328 g/mol. The van der Waals surface area contributed by atoms with Crippen molar-refractivity contribution in [1.82, 2.24) is 0 Å². The molecule has 0 atom stereocenters. The fraction of sp³-hybridized carbons (Fsp3) is 0.611. The number of benzene rings is 1. The number of ether oxygens (including phenoxy) is 1. The number of esters is 1. The molecule has 0 radical (unpaired) electrons. The first-order valence-corrected chi connectivity index (χ1v) is 7.83. The summed E-state index contributed by atoms with van der Waals surface area (Å²) in [6.45, 7) is 6.80. The Labute approximate surface area is 135 Å². The van der Waals surface area contributed by atoms with Crippen molar-refractivity contribution >= 4 is 5.97 Å². The van der Waals surface area contributed by atoms with E-state index >= 15 is 0 Å². The highest BCUT2D eigenvalue weighted by Gasteiger charge is 2.50. The van der Waals surface area contributed by atoms with Crippen LogP contribution in [0.1, 0.15) is 57.6 Å². The van der Waals surface area contributed by atoms with Gasteiger partial charge in [-0.2, -0.15) is 0 Å². The molecule has 0 heterocycles. The molecule has 0 saturated heterocycles. The fourth-order valence-electron chi connectivity index (χ4n) is 2.92. The van der Waals surface area contributed by atoms with Gasteiger partial charge in [-0.15, -0.1) is 0 Å². The third-order valence-electron chi connectivity index (χ3n) is 4.35. The van der Waals surface area contributed by atoms with E-state index < -0.39 is 41.6 Å². The monoisotopic (exact) mass is 328 g/mol. The average Bonchev–Trinajstić information content (AvgIpc) is 2.40. The molecule has 0 amide bonds. The summed E-state index contributed by atoms with van der Waals surface area (Å²) in [4.78, 5) is 12.8. The molecule has 5 heteroatoms. The van der Waals surface area contributed by atoms with E-state index in [2.05, 4.69) is 0 Å². The van der Waals surface area contributed by atoms with E-state index in [0.29, 0.717) is 11.1 Å². The Kier molecular flexibility index (Phi) is 4.53. The highest BCUT2D eigenvalue weighted by molar-refractivity contribution is 5.84. The molecule has 0 unspecified atom stereocenters. The molecule has 0 bridgehead atoms. The Morgan fingerprint density at radius 2 is 1.70 bits per heavy atom. The summed E-state index contributed by atoms with van der Waals surface area (Å²) in [6, 6.07) is 4.50. The van der Waals surface area contributed by atoms with Crippen LogP contribution in [0.3, 0.4) is 0 Å². The van der Waals surface area contributed by atoms with Gasteiger partial charge < -0.3 is 4.74 Å². The first-order chi connectivity index (χ1) is 10.5. The van der Waals surface area contributed by atoms with Crippen molar-refractivity contribution in [2.24, 2.45) is 0 Å². The van der Waals surface area contributed by atoms with Gasteiger partial charge in [-0.25, -0.2) is 13.2 Å². The SMILES string of the molecule is Cc1ccc(C2(C(=O)OC(C)(C)C)CCC(F)(F)CC2)cc1F. The molecule has 1 aliphatic rings. The number of carbonyl (C=O) groups is 1. The minimum absolute atomic E-state index is 0.0442. The molecule has 0 aromatic heterocycles. The minimum atomic E-state index is -2.78. The summed E-state index contributed by atoms with van der Waals surface area (Å²) in [6.07, 6.45) is -0.891. The van der Waals surface area contributed by atoms with Crippen LogP contribution in [0.2, 0.25) is 0 Å². The van der Waals surface area contributed by atoms with E-state index in [1.54, 1.807) is 39.8 Å². The van der Waals surface area contributed by atoms with E-state index in [0.717, 1.165) is 0 Å². The number of hydrogen-bond acceptors (Lipinski definition) is 2. The fourth-order valence-corrected chi connectivity index (χ4v) is 2.92. The molecule has 0 N–H and O–H groups in total. The predicted octanol–water partition coefficient (Wildman–Crippen LogP) is 4.92. The first kappa shape index (κ1) is 17.8. The van der Waals surface area contributed by atoms with Crippen LogP contribution in [-0.4, -0.2) is 17.5 Å². The summed E-state index contributed by atoms with van der Waals surface area (Å²) in [5.41, 5.74) is -1.06. The number of rotatable bonds is 2. The zero-order chi connectivity index (χ0) is 17.5. The zero-order valence-corrected chi connectivity index (χ0v) is 14.0. The van der Waals surface area contributed by atoms with Crippen molar-refractivity contribution in [2.45, 2.75) is 70.3 Å². The topological polar surface area (TPSA) is 26.3 Å². The second kappa shape index (κ2) is 5.84. The normalized spacial score (nSPS) is 20.1. The molecule has 2 rings (SSSR count). The standard InChI is InChI=1S/C18H23F3O2/c1-12-5-6-13(11-14(12)19)17(15(22)23-16(2,3)4)7-9-18(20,21)10-8-17/h5-6,11H,7-10H2,1-4H3. The molecule has 0 spiro atoms. The lowest BCUT2D eigenvalue weighted by Gasteiger charge is -2.40. The van der Waals surface area contributed by atoms with Crippen molar-refractivity contribution in [3.63, 3.8) is 0 Å². The molecule has 1 fully saturated rings. The smallest absolute Gasteiger partial charge is 0.317 e. The van der Waals surface area contributed by atoms with Crippen molar-refractivity contribution < 1.29 is 22.7 Å². The van der Waals surface area contributed by atoms with E-state index in [-0.39, 0.29) is 12.8 Å². The first-order valence-electron chi connectivity index (χ1n) is 7.83. The Hall–Kier alpha value is -1.52. The Balaban J connectivity index is 2.43. The molecule has 1 aromatic carbocycles. The van der Waals surface area contributed by atoms with E-state index in [9.17, 15) is 18.0 Å². The largest absolute Gasteiger partial charge is 0.459 e. The van der Waals surface area contributed by atoms with Gasteiger partial charge in [0.25, 0.3) is 0 Å². The van der Waals surface area contributed by atoms with Gasteiger partial charge in [0.2, 0.25) is 5.92 Å². The van der Waals surface area contributed by atoms with Gasteiger partial charge in [-0.1, -0.05) is 12.1 Å². The zero-order valence-electron chi connectivity index (χ0n) is 14.0. The molecule has 0 aliphatic heterocycles. The van der Waals surface area contributed by atoms with Crippen LogP contribution < -0.4 is 0 Å². The van der Waals surface area contributed by atoms with E-state index in [1.807, 2.05) is 0 Å². The van der Waals surface area contributed by atoms with Crippen molar-refractivity contribution in [3.05, 3.63) is 35.1 Å². The highest BCUT2D eigenvalue weighted by atomic mass is 19.3. The van der Waals surface area contributed by atoms with Crippen LogP contribution in [-0.2, 0) is 14.9 Å². The Bertz CT molecular complexity index is 593. The second-order valence-corrected chi connectivity index (χ2v) is 7.40. The quantitative estimate of drug-likeness (QED) is 0.720. The van der Waals surface area contributed by atoms with Gasteiger partial charge in [0.05, 0.1) is 5.41 Å². The molecular weight excluding hydrogens is 305 g/mol. The lowest BCUT2D eigenvalue weighted by atomic mass is 9.68. The van der Waals surface area contributed by atoms with Gasteiger partial charge in [-0.05, 0) is 57.7 Å².